The minimum atomic E-state index is -4.81. The first-order valence-electron chi connectivity index (χ1n) is 5.02. The van der Waals surface area contributed by atoms with Crippen LogP contribution in [0.3, 0.4) is 0 Å². The summed E-state index contributed by atoms with van der Waals surface area (Å²) in [6, 6.07) is 7.03. The summed E-state index contributed by atoms with van der Waals surface area (Å²) < 4.78 is 37.0. The monoisotopic (exact) mass is 241 g/mol. The quantitative estimate of drug-likeness (QED) is 0.753. The molecule has 0 aliphatic carbocycles. The Hall–Kier alpha value is -1.78. The number of para-hydroxylation sites is 1. The van der Waals surface area contributed by atoms with Gasteiger partial charge >= 0.3 is 6.18 Å². The van der Waals surface area contributed by atoms with E-state index in [0.29, 0.717) is 5.56 Å². The van der Waals surface area contributed by atoms with E-state index in [1.165, 1.54) is 6.08 Å². The molecule has 0 spiro atoms. The topological polar surface area (TPSA) is 20.3 Å². The first-order valence-corrected chi connectivity index (χ1v) is 5.02. The van der Waals surface area contributed by atoms with E-state index in [2.05, 4.69) is 0 Å². The van der Waals surface area contributed by atoms with E-state index in [1.807, 2.05) is 0 Å². The van der Waals surface area contributed by atoms with Crippen LogP contribution in [0.25, 0.3) is 6.08 Å². The van der Waals surface area contributed by atoms with Crippen molar-refractivity contribution in [2.75, 3.05) is 18.5 Å². The van der Waals surface area contributed by atoms with Crippen LogP contribution in [0.5, 0.6) is 0 Å². The van der Waals surface area contributed by atoms with E-state index >= 15 is 0 Å². The van der Waals surface area contributed by atoms with Crippen molar-refractivity contribution in [1.29, 1.82) is 0 Å². The largest absolute Gasteiger partial charge is 0.454 e. The van der Waals surface area contributed by atoms with Crippen LogP contribution in [0.1, 0.15) is 5.56 Å². The summed E-state index contributed by atoms with van der Waals surface area (Å²) >= 11 is 0. The van der Waals surface area contributed by atoms with Crippen molar-refractivity contribution in [3.05, 3.63) is 35.4 Å². The molecule has 2 rings (SSSR count). The zero-order chi connectivity index (χ0) is 12.6. The number of hydrogen-bond acceptors (Lipinski definition) is 2. The molecule has 0 amide bonds. The van der Waals surface area contributed by atoms with Crippen LogP contribution < -0.4 is 4.90 Å². The third-order valence-corrected chi connectivity index (χ3v) is 2.63. The fourth-order valence-electron chi connectivity index (χ4n) is 1.85. The van der Waals surface area contributed by atoms with Gasteiger partial charge in [-0.3, -0.25) is 4.79 Å². The van der Waals surface area contributed by atoms with Gasteiger partial charge in [0.2, 0.25) is 0 Å². The van der Waals surface area contributed by atoms with Crippen LogP contribution in [0, 0.1) is 0 Å². The molecular formula is C12H10F3NO. The van der Waals surface area contributed by atoms with Gasteiger partial charge in [-0.1, -0.05) is 18.2 Å². The molecule has 17 heavy (non-hydrogen) atoms. The SMILES string of the molecule is CN1CC(C(=O)C(F)(F)F)=Cc2ccccc21. The highest BCUT2D eigenvalue weighted by Crippen LogP contribution is 2.30. The van der Waals surface area contributed by atoms with Crippen molar-refractivity contribution in [2.24, 2.45) is 0 Å². The van der Waals surface area contributed by atoms with Crippen LogP contribution >= 0.6 is 0 Å². The summed E-state index contributed by atoms with van der Waals surface area (Å²) in [5.41, 5.74) is 1.23. The highest BCUT2D eigenvalue weighted by Gasteiger charge is 2.41. The van der Waals surface area contributed by atoms with E-state index in [-0.39, 0.29) is 12.1 Å². The van der Waals surface area contributed by atoms with Crippen LogP contribution in [0.4, 0.5) is 18.9 Å². The molecule has 0 saturated carbocycles. The smallest absolute Gasteiger partial charge is 0.370 e. The van der Waals surface area contributed by atoms with Gasteiger partial charge in [0, 0.05) is 24.9 Å². The summed E-state index contributed by atoms with van der Waals surface area (Å²) in [5.74, 6) is -1.76. The Labute approximate surface area is 96.3 Å². The van der Waals surface area contributed by atoms with E-state index in [0.717, 1.165) is 5.69 Å². The van der Waals surface area contributed by atoms with Gasteiger partial charge in [-0.2, -0.15) is 13.2 Å². The van der Waals surface area contributed by atoms with Gasteiger partial charge < -0.3 is 4.90 Å². The second kappa shape index (κ2) is 3.91. The molecule has 0 bridgehead atoms. The standard InChI is InChI=1S/C12H10F3NO/c1-16-7-9(11(17)12(13,14)15)6-8-4-2-3-5-10(8)16/h2-6H,7H2,1H3. The molecule has 0 unspecified atom stereocenters. The molecule has 1 aromatic rings. The number of fused-ring (bicyclic) bond motifs is 1. The lowest BCUT2D eigenvalue weighted by molar-refractivity contribution is -0.166. The molecule has 1 aromatic carbocycles. The van der Waals surface area contributed by atoms with Crippen molar-refractivity contribution in [3.8, 4) is 0 Å². The number of alkyl halides is 3. The predicted octanol–water partition coefficient (Wildman–Crippen LogP) is 2.65. The Kier molecular flexibility index (Phi) is 2.69. The number of nitrogens with zero attached hydrogens (tertiary/aromatic N) is 1. The molecule has 0 saturated heterocycles. The second-order valence-corrected chi connectivity index (χ2v) is 3.91. The molecule has 1 aliphatic heterocycles. The molecular weight excluding hydrogens is 231 g/mol. The van der Waals surface area contributed by atoms with Crippen LogP contribution in [-0.4, -0.2) is 25.6 Å². The van der Waals surface area contributed by atoms with E-state index < -0.39 is 12.0 Å². The normalized spacial score (nSPS) is 15.3. The molecule has 0 fully saturated rings. The van der Waals surface area contributed by atoms with Crippen molar-refractivity contribution in [3.63, 3.8) is 0 Å². The lowest BCUT2D eigenvalue weighted by Gasteiger charge is -2.27. The number of carbonyl (C=O) groups excluding carboxylic acids is 1. The van der Waals surface area contributed by atoms with Gasteiger partial charge in [-0.25, -0.2) is 0 Å². The van der Waals surface area contributed by atoms with Gasteiger partial charge in [0.25, 0.3) is 5.78 Å². The minimum absolute atomic E-state index is 0.0185. The Balaban J connectivity index is 2.42. The maximum atomic E-state index is 12.3. The molecule has 2 nitrogen and oxygen atoms in total. The van der Waals surface area contributed by atoms with Gasteiger partial charge in [-0.05, 0) is 17.7 Å². The van der Waals surface area contributed by atoms with Gasteiger partial charge in [0.15, 0.2) is 0 Å². The Morgan fingerprint density at radius 3 is 2.59 bits per heavy atom. The van der Waals surface area contributed by atoms with Gasteiger partial charge in [-0.15, -0.1) is 0 Å². The van der Waals surface area contributed by atoms with Crippen LogP contribution in [0.15, 0.2) is 29.8 Å². The molecule has 0 atom stereocenters. The van der Waals surface area contributed by atoms with Crippen molar-refractivity contribution < 1.29 is 18.0 Å². The third-order valence-electron chi connectivity index (χ3n) is 2.63. The number of hydrogen-bond donors (Lipinski definition) is 0. The number of Topliss-reactive ketones (excluding diaryl/α,β-unsaturated/α-hetero) is 1. The molecule has 0 aromatic heterocycles. The second-order valence-electron chi connectivity index (χ2n) is 3.91. The van der Waals surface area contributed by atoms with Crippen LogP contribution in [0.2, 0.25) is 0 Å². The van der Waals surface area contributed by atoms with E-state index in [9.17, 15) is 18.0 Å². The molecule has 1 heterocycles. The first kappa shape index (κ1) is 11.7. The molecule has 0 N–H and O–H groups in total. The number of halogens is 3. The number of likely N-dealkylation sites (N-methyl/N-ethyl adjacent to an activating group) is 1. The highest BCUT2D eigenvalue weighted by molar-refractivity contribution is 6.05. The Morgan fingerprint density at radius 1 is 1.29 bits per heavy atom. The zero-order valence-electron chi connectivity index (χ0n) is 9.08. The third kappa shape index (κ3) is 2.18. The molecule has 90 valence electrons. The number of anilines is 1. The average molecular weight is 241 g/mol. The summed E-state index contributed by atoms with van der Waals surface area (Å²) in [6.07, 6.45) is -3.50. The van der Waals surface area contributed by atoms with Crippen LogP contribution in [-0.2, 0) is 4.79 Å². The summed E-state index contributed by atoms with van der Waals surface area (Å²) in [7, 11) is 1.66. The maximum Gasteiger partial charge on any atom is 0.454 e. The highest BCUT2D eigenvalue weighted by atomic mass is 19.4. The van der Waals surface area contributed by atoms with Crippen molar-refractivity contribution in [1.82, 2.24) is 0 Å². The van der Waals surface area contributed by atoms with E-state index in [4.69, 9.17) is 0 Å². The van der Waals surface area contributed by atoms with Crippen molar-refractivity contribution >= 4 is 17.5 Å². The minimum Gasteiger partial charge on any atom is -0.370 e. The predicted molar refractivity (Wildman–Crippen MR) is 58.8 cm³/mol. The molecule has 0 radical (unpaired) electrons. The number of rotatable bonds is 1. The number of ketones is 1. The summed E-state index contributed by atoms with van der Waals surface area (Å²) in [5, 5.41) is 0. The van der Waals surface area contributed by atoms with Crippen molar-refractivity contribution in [2.45, 2.75) is 6.18 Å². The fraction of sp³-hybridized carbons (Fsp3) is 0.250. The van der Waals surface area contributed by atoms with Gasteiger partial charge in [0.05, 0.1) is 0 Å². The van der Waals surface area contributed by atoms with Gasteiger partial charge in [0.1, 0.15) is 0 Å². The summed E-state index contributed by atoms with van der Waals surface area (Å²) in [6.45, 7) is -0.0185. The fourth-order valence-corrected chi connectivity index (χ4v) is 1.85. The summed E-state index contributed by atoms with van der Waals surface area (Å²) in [4.78, 5) is 12.8. The lowest BCUT2D eigenvalue weighted by Crippen LogP contribution is -2.33. The van der Waals surface area contributed by atoms with E-state index in [1.54, 1.807) is 36.2 Å². The average Bonchev–Trinajstić information content (AvgIpc) is 2.27. The zero-order valence-corrected chi connectivity index (χ0v) is 9.08. The molecule has 5 heteroatoms. The molecule has 1 aliphatic rings. The Bertz CT molecular complexity index is 491. The lowest BCUT2D eigenvalue weighted by atomic mass is 10.00. The first-order chi connectivity index (χ1) is 7.89. The number of benzene rings is 1. The maximum absolute atomic E-state index is 12.3. The number of carbonyl (C=O) groups is 1. The Morgan fingerprint density at radius 2 is 1.94 bits per heavy atom.